The molecule has 3 fully saturated rings. The molecule has 4 aliphatic rings. The van der Waals surface area contributed by atoms with Gasteiger partial charge in [0.15, 0.2) is 6.04 Å². The number of carboxylic acid groups (broad SMARTS) is 1. The van der Waals surface area contributed by atoms with Gasteiger partial charge < -0.3 is 15.2 Å². The molecule has 0 aliphatic heterocycles. The Bertz CT molecular complexity index is 1540. The van der Waals surface area contributed by atoms with Crippen molar-refractivity contribution in [3.8, 4) is 5.75 Å². The summed E-state index contributed by atoms with van der Waals surface area (Å²) in [6, 6.07) is 5.47. The monoisotopic (exact) mass is 685 g/mol. The van der Waals surface area contributed by atoms with Gasteiger partial charge in [0.2, 0.25) is 5.91 Å². The Morgan fingerprint density at radius 3 is 2.35 bits per heavy atom. The van der Waals surface area contributed by atoms with Crippen LogP contribution in [0, 0.1) is 46.3 Å². The molecule has 4 aliphatic carbocycles. The minimum Gasteiger partial charge on any atom is -0.497 e. The Kier molecular flexibility index (Phi) is 10.6. The molecule has 10 heteroatoms. The molecule has 1 aromatic rings. The lowest BCUT2D eigenvalue weighted by Crippen LogP contribution is -2.52. The Labute approximate surface area is 286 Å². The standard InChI is InChI=1S/C38H55NO8S/c1-22(24(3)35(40)39-34(36(41)42)26-10-12-27(46-7)13-11-26)8-9-23(2)29-16-17-31-28-14-15-30-25(4)33(47-48(43,44)45)19-21-38(30,6)32(28)18-20-37(29,31)5/h10-13,22-23,25,29-30,32-34H,3,8-9,14-21H2,1-2,4-7H3,(H,39,40)(H,41,42)(H,43,44,45)/t22-,23-,25+,29+,30-,32-,33+,34+,37-,38+/m1/s1. The number of carbonyl (C=O) groups is 2. The molecule has 1 aromatic carbocycles. The van der Waals surface area contributed by atoms with Crippen molar-refractivity contribution in [2.24, 2.45) is 46.3 Å². The first kappa shape index (κ1) is 36.6. The first-order chi connectivity index (χ1) is 22.5. The maximum absolute atomic E-state index is 13.1. The van der Waals surface area contributed by atoms with E-state index in [1.54, 1.807) is 42.5 Å². The van der Waals surface area contributed by atoms with E-state index in [4.69, 9.17) is 8.92 Å². The lowest BCUT2D eigenvalue weighted by Gasteiger charge is -2.58. The molecule has 3 saturated carbocycles. The number of benzene rings is 1. The maximum atomic E-state index is 13.1. The zero-order valence-corrected chi connectivity index (χ0v) is 30.3. The quantitative estimate of drug-likeness (QED) is 0.116. The molecule has 0 radical (unpaired) electrons. The van der Waals surface area contributed by atoms with Crippen LogP contribution in [0.15, 0.2) is 47.6 Å². The van der Waals surface area contributed by atoms with Gasteiger partial charge in [0.25, 0.3) is 0 Å². The van der Waals surface area contributed by atoms with E-state index >= 15 is 0 Å². The van der Waals surface area contributed by atoms with E-state index in [0.717, 1.165) is 51.4 Å². The summed E-state index contributed by atoms with van der Waals surface area (Å²) < 4.78 is 42.7. The van der Waals surface area contributed by atoms with Gasteiger partial charge >= 0.3 is 16.4 Å². The number of nitrogens with one attached hydrogen (secondary N) is 1. The predicted molar refractivity (Wildman–Crippen MR) is 184 cm³/mol. The van der Waals surface area contributed by atoms with Gasteiger partial charge in [0.05, 0.1) is 13.2 Å². The predicted octanol–water partition coefficient (Wildman–Crippen LogP) is 7.70. The first-order valence-electron chi connectivity index (χ1n) is 17.7. The van der Waals surface area contributed by atoms with E-state index in [0.29, 0.717) is 47.0 Å². The average Bonchev–Trinajstić information content (AvgIpc) is 3.40. The number of allylic oxidation sites excluding steroid dienone is 2. The van der Waals surface area contributed by atoms with Crippen LogP contribution in [-0.4, -0.2) is 43.2 Å². The summed E-state index contributed by atoms with van der Waals surface area (Å²) in [6.45, 7) is 15.4. The van der Waals surface area contributed by atoms with Gasteiger partial charge in [-0.25, -0.2) is 8.98 Å². The molecule has 5 rings (SSSR count). The summed E-state index contributed by atoms with van der Waals surface area (Å²) in [5.74, 6) is 0.925. The van der Waals surface area contributed by atoms with Crippen LogP contribution < -0.4 is 10.1 Å². The highest BCUT2D eigenvalue weighted by Crippen LogP contribution is 2.66. The molecule has 3 N–H and O–H groups in total. The summed E-state index contributed by atoms with van der Waals surface area (Å²) >= 11 is 0. The third kappa shape index (κ3) is 6.99. The number of carbonyl (C=O) groups excluding carboxylic acids is 1. The Hall–Kier alpha value is -2.69. The van der Waals surface area contributed by atoms with E-state index in [9.17, 15) is 27.7 Å². The number of hydrogen-bond donors (Lipinski definition) is 3. The molecule has 0 unspecified atom stereocenters. The largest absolute Gasteiger partial charge is 0.497 e. The summed E-state index contributed by atoms with van der Waals surface area (Å²) in [5, 5.41) is 12.5. The van der Waals surface area contributed by atoms with Crippen LogP contribution in [0.5, 0.6) is 5.75 Å². The maximum Gasteiger partial charge on any atom is 0.397 e. The van der Waals surface area contributed by atoms with Crippen molar-refractivity contribution in [1.29, 1.82) is 0 Å². The number of hydrogen-bond acceptors (Lipinski definition) is 6. The topological polar surface area (TPSA) is 139 Å². The third-order valence-corrected chi connectivity index (χ3v) is 13.9. The molecule has 0 aromatic heterocycles. The second-order valence-electron chi connectivity index (χ2n) is 15.8. The van der Waals surface area contributed by atoms with Gasteiger partial charge in [0.1, 0.15) is 5.75 Å². The molecule has 0 heterocycles. The molecule has 0 spiro atoms. The fourth-order valence-electron chi connectivity index (χ4n) is 10.6. The zero-order chi connectivity index (χ0) is 35.2. The fourth-order valence-corrected chi connectivity index (χ4v) is 11.2. The van der Waals surface area contributed by atoms with E-state index in [2.05, 4.69) is 39.6 Å². The van der Waals surface area contributed by atoms with Gasteiger partial charge in [0, 0.05) is 5.57 Å². The van der Waals surface area contributed by atoms with Crippen molar-refractivity contribution < 1.29 is 36.6 Å². The molecule has 10 atom stereocenters. The fraction of sp³-hybridized carbons (Fsp3) is 0.684. The summed E-state index contributed by atoms with van der Waals surface area (Å²) in [5.41, 5.74) is 4.48. The van der Waals surface area contributed by atoms with Crippen molar-refractivity contribution in [2.45, 2.75) is 111 Å². The summed E-state index contributed by atoms with van der Waals surface area (Å²) in [7, 11) is -2.93. The van der Waals surface area contributed by atoms with E-state index in [-0.39, 0.29) is 22.7 Å². The van der Waals surface area contributed by atoms with Crippen LogP contribution in [0.25, 0.3) is 0 Å². The highest BCUT2D eigenvalue weighted by atomic mass is 32.3. The Morgan fingerprint density at radius 1 is 1.04 bits per heavy atom. The molecule has 9 nitrogen and oxygen atoms in total. The number of amides is 1. The lowest BCUT2D eigenvalue weighted by atomic mass is 9.47. The minimum absolute atomic E-state index is 0.0677. The molecule has 0 saturated heterocycles. The number of aliphatic carboxylic acids is 1. The Morgan fingerprint density at radius 2 is 1.73 bits per heavy atom. The molecule has 48 heavy (non-hydrogen) atoms. The molecular weight excluding hydrogens is 630 g/mol. The number of ether oxygens (including phenoxy) is 1. The van der Waals surface area contributed by atoms with Crippen molar-refractivity contribution in [3.05, 3.63) is 53.1 Å². The first-order valence-corrected chi connectivity index (χ1v) is 19.1. The lowest BCUT2D eigenvalue weighted by molar-refractivity contribution is -0.141. The second-order valence-corrected chi connectivity index (χ2v) is 16.8. The summed E-state index contributed by atoms with van der Waals surface area (Å²) in [4.78, 5) is 25.2. The van der Waals surface area contributed by atoms with Gasteiger partial charge in [-0.15, -0.1) is 0 Å². The van der Waals surface area contributed by atoms with Crippen molar-refractivity contribution >= 4 is 22.3 Å². The van der Waals surface area contributed by atoms with Gasteiger partial charge in [-0.2, -0.15) is 8.42 Å². The molecule has 1 amide bonds. The van der Waals surface area contributed by atoms with E-state index in [1.165, 1.54) is 6.42 Å². The van der Waals surface area contributed by atoms with E-state index in [1.807, 2.05) is 6.92 Å². The SMILES string of the molecule is C=C(C(=O)N[C@H](C(=O)O)c1ccc(OC)cc1)[C@H](C)CC[C@@H](C)[C@@H]1CCC2=C3CC[C@@H]4[C@H](C)[C@@H](OS(=O)(=O)O)CC[C@]4(C)[C@@H]3CC[C@@]21C. The third-order valence-electron chi connectivity index (χ3n) is 13.4. The second kappa shape index (κ2) is 13.9. The van der Waals surface area contributed by atoms with Crippen LogP contribution in [0.2, 0.25) is 0 Å². The smallest absolute Gasteiger partial charge is 0.397 e. The van der Waals surface area contributed by atoms with Gasteiger partial charge in [-0.05, 0) is 128 Å². The average molecular weight is 686 g/mol. The number of rotatable bonds is 12. The van der Waals surface area contributed by atoms with Crippen LogP contribution in [-0.2, 0) is 24.2 Å². The van der Waals surface area contributed by atoms with Crippen LogP contribution in [0.3, 0.4) is 0 Å². The molecular formula is C38H55NO8S. The van der Waals surface area contributed by atoms with Crippen LogP contribution in [0.4, 0.5) is 0 Å². The van der Waals surface area contributed by atoms with Crippen molar-refractivity contribution in [3.63, 3.8) is 0 Å². The van der Waals surface area contributed by atoms with Gasteiger partial charge in [-0.3, -0.25) is 9.35 Å². The minimum atomic E-state index is -4.47. The van der Waals surface area contributed by atoms with Crippen molar-refractivity contribution in [1.82, 2.24) is 5.32 Å². The molecule has 0 bridgehead atoms. The van der Waals surface area contributed by atoms with Crippen LogP contribution >= 0.6 is 0 Å². The summed E-state index contributed by atoms with van der Waals surface area (Å²) in [6.07, 6.45) is 9.54. The number of fused-ring (bicyclic) bond motifs is 4. The number of carboxylic acids is 1. The zero-order valence-electron chi connectivity index (χ0n) is 29.5. The highest BCUT2D eigenvalue weighted by molar-refractivity contribution is 7.80. The highest BCUT2D eigenvalue weighted by Gasteiger charge is 2.57. The number of methoxy groups -OCH3 is 1. The van der Waals surface area contributed by atoms with Crippen LogP contribution in [0.1, 0.15) is 110 Å². The molecule has 266 valence electrons. The van der Waals surface area contributed by atoms with Crippen molar-refractivity contribution in [2.75, 3.05) is 7.11 Å². The van der Waals surface area contributed by atoms with E-state index < -0.39 is 34.4 Å². The van der Waals surface area contributed by atoms with Gasteiger partial charge in [-0.1, -0.05) is 64.5 Å². The Balaban J connectivity index is 1.21. The normalized spacial score (nSPS) is 33.4.